The minimum Gasteiger partial charge on any atom is -0.455 e. The van der Waals surface area contributed by atoms with Gasteiger partial charge in [-0.05, 0) is 159 Å². The fourth-order valence-corrected chi connectivity index (χ4v) is 12.6. The Balaban J connectivity index is 0.975. The van der Waals surface area contributed by atoms with E-state index in [0.717, 1.165) is 66.7 Å². The highest BCUT2D eigenvalue weighted by Crippen LogP contribution is 2.61. The monoisotopic (exact) mass is 1030 g/mol. The largest absolute Gasteiger partial charge is 0.494 e. The smallest absolute Gasteiger partial charge is 0.455 e. The van der Waals surface area contributed by atoms with Crippen molar-refractivity contribution < 1.29 is 13.7 Å². The van der Waals surface area contributed by atoms with Gasteiger partial charge < -0.3 is 18.6 Å². The number of hydrogen-bond acceptors (Lipinski definition) is 4. The second-order valence-electron chi connectivity index (χ2n) is 23.0. The maximum atomic E-state index is 6.62. The average molecular weight is 1030 g/mol. The first-order valence-corrected chi connectivity index (χ1v) is 27.9. The summed E-state index contributed by atoms with van der Waals surface area (Å²) < 4.78 is 19.8. The molecule has 386 valence electrons. The van der Waals surface area contributed by atoms with Gasteiger partial charge in [0.25, 0.3) is 0 Å². The molecule has 0 bridgehead atoms. The van der Waals surface area contributed by atoms with Crippen LogP contribution in [-0.2, 0) is 14.7 Å². The zero-order valence-corrected chi connectivity index (χ0v) is 46.0. The Morgan fingerprint density at radius 1 is 0.325 bits per heavy atom. The Labute approximate surface area is 469 Å². The fourth-order valence-electron chi connectivity index (χ4n) is 12.6. The third-order valence-electron chi connectivity index (χ3n) is 17.3. The number of fused-ring (bicyclic) bond motifs is 6. The molecular formula is C75H60BNO3. The third-order valence-corrected chi connectivity index (χ3v) is 17.3. The summed E-state index contributed by atoms with van der Waals surface area (Å²) in [6.45, 7) is 13.3. The first-order valence-electron chi connectivity index (χ1n) is 27.9. The van der Waals surface area contributed by atoms with Crippen LogP contribution in [0.25, 0.3) is 99.8 Å². The highest BCUT2D eigenvalue weighted by Gasteiger charge is 2.52. The van der Waals surface area contributed by atoms with Crippen molar-refractivity contribution in [2.24, 2.45) is 0 Å². The molecule has 1 saturated heterocycles. The summed E-state index contributed by atoms with van der Waals surface area (Å²) in [5, 5.41) is 2.24. The summed E-state index contributed by atoms with van der Waals surface area (Å²) in [6, 6.07) is 92.6. The molecule has 80 heavy (non-hydrogen) atoms. The standard InChI is InChI=1S/C75H60BNO3/c1-73(2)64-31-18-16-28-63(64)70-68(52-23-12-8-13-24-52)66(54-33-41-56(42-34-54)76-79-74(3,4)75(5,6)80-76)67(69(71(70)73)53-25-14-9-15-26-53)55-39-47-59(48-40-55)77(57-43-35-50(36-44-57)49-21-10-7-11-22-49)58-45-37-51(38-46-58)60-29-20-30-62-61-27-17-19-32-65(61)78-72(60)62/h7-48H,1-6H3. The van der Waals surface area contributed by atoms with Gasteiger partial charge in [0.15, 0.2) is 0 Å². The topological polar surface area (TPSA) is 34.8 Å². The number of furan rings is 1. The summed E-state index contributed by atoms with van der Waals surface area (Å²) >= 11 is 0. The van der Waals surface area contributed by atoms with Crippen molar-refractivity contribution >= 4 is 51.6 Å². The van der Waals surface area contributed by atoms with Crippen molar-refractivity contribution in [3.63, 3.8) is 0 Å². The fraction of sp³-hybridized carbons (Fsp3) is 0.120. The molecule has 0 atom stereocenters. The SMILES string of the molecule is CC1(C)c2ccccc2-c2c(-c3ccccc3)c(-c3ccc(B4OC(C)(C)C(C)(C)O4)cc3)c(-c3ccc(N(c4ccc(-c5ccccc5)cc4)c4ccc(-c5cccc6c5oc5ccccc56)cc4)cc3)c(-c3ccccc3)c21. The van der Waals surface area contributed by atoms with Crippen LogP contribution in [0, 0.1) is 0 Å². The molecule has 4 nitrogen and oxygen atoms in total. The Hall–Kier alpha value is -9.00. The highest BCUT2D eigenvalue weighted by atomic mass is 16.7. The summed E-state index contributed by atoms with van der Waals surface area (Å²) in [6.07, 6.45) is 0. The van der Waals surface area contributed by atoms with E-state index < -0.39 is 18.3 Å². The normalized spacial score (nSPS) is 14.8. The van der Waals surface area contributed by atoms with Crippen molar-refractivity contribution in [2.75, 3.05) is 4.90 Å². The van der Waals surface area contributed by atoms with Crippen molar-refractivity contribution in [3.8, 4) is 77.9 Å². The molecule has 0 saturated carbocycles. The van der Waals surface area contributed by atoms with Gasteiger partial charge in [0.2, 0.25) is 0 Å². The molecule has 0 amide bonds. The van der Waals surface area contributed by atoms with Crippen LogP contribution in [-0.4, -0.2) is 18.3 Å². The van der Waals surface area contributed by atoms with Gasteiger partial charge in [-0.3, -0.25) is 0 Å². The van der Waals surface area contributed by atoms with Crippen LogP contribution in [0.3, 0.4) is 0 Å². The van der Waals surface area contributed by atoms with Gasteiger partial charge in [-0.1, -0.05) is 226 Å². The number of hydrogen-bond donors (Lipinski definition) is 0. The van der Waals surface area contributed by atoms with E-state index in [0.29, 0.717) is 0 Å². The average Bonchev–Trinajstić information content (AvgIpc) is 2.96. The maximum Gasteiger partial charge on any atom is 0.494 e. The molecule has 0 radical (unpaired) electrons. The lowest BCUT2D eigenvalue weighted by Gasteiger charge is -2.32. The van der Waals surface area contributed by atoms with Crippen LogP contribution >= 0.6 is 0 Å². The molecule has 0 unspecified atom stereocenters. The first kappa shape index (κ1) is 49.3. The number of benzene rings is 11. The molecule has 1 fully saturated rings. The van der Waals surface area contributed by atoms with E-state index in [1.54, 1.807) is 0 Å². The molecule has 0 N–H and O–H groups in total. The second kappa shape index (κ2) is 19.1. The van der Waals surface area contributed by atoms with Crippen molar-refractivity contribution in [3.05, 3.63) is 266 Å². The van der Waals surface area contributed by atoms with Gasteiger partial charge in [0.1, 0.15) is 11.2 Å². The molecular weight excluding hydrogens is 974 g/mol. The third kappa shape index (κ3) is 8.14. The van der Waals surface area contributed by atoms with E-state index in [4.69, 9.17) is 13.7 Å². The van der Waals surface area contributed by atoms with Gasteiger partial charge in [-0.25, -0.2) is 0 Å². The highest BCUT2D eigenvalue weighted by molar-refractivity contribution is 6.62. The predicted molar refractivity (Wildman–Crippen MR) is 334 cm³/mol. The molecule has 1 aliphatic carbocycles. The Morgan fingerprint density at radius 3 is 1.34 bits per heavy atom. The molecule has 14 rings (SSSR count). The summed E-state index contributed by atoms with van der Waals surface area (Å²) in [7, 11) is -0.484. The molecule has 5 heteroatoms. The van der Waals surface area contributed by atoms with Gasteiger partial charge in [-0.2, -0.15) is 0 Å². The summed E-state index contributed by atoms with van der Waals surface area (Å²) in [5.41, 5.74) is 23.8. The van der Waals surface area contributed by atoms with Gasteiger partial charge in [-0.15, -0.1) is 0 Å². The molecule has 1 aliphatic heterocycles. The quantitative estimate of drug-likeness (QED) is 0.128. The zero-order chi connectivity index (χ0) is 54.3. The lowest BCUT2D eigenvalue weighted by molar-refractivity contribution is 0.00578. The number of para-hydroxylation sites is 2. The lowest BCUT2D eigenvalue weighted by Crippen LogP contribution is -2.41. The molecule has 0 spiro atoms. The summed E-state index contributed by atoms with van der Waals surface area (Å²) in [5.74, 6) is 0. The van der Waals surface area contributed by atoms with Crippen LogP contribution in [0.5, 0.6) is 0 Å². The number of rotatable bonds is 10. The number of anilines is 3. The van der Waals surface area contributed by atoms with Gasteiger partial charge in [0, 0.05) is 38.8 Å². The minimum atomic E-state index is -0.484. The van der Waals surface area contributed by atoms with Gasteiger partial charge in [0.05, 0.1) is 11.2 Å². The van der Waals surface area contributed by atoms with E-state index in [1.807, 2.05) is 12.1 Å². The molecule has 2 heterocycles. The number of nitrogens with zero attached hydrogens (tertiary/aromatic N) is 1. The minimum absolute atomic E-state index is 0.334. The van der Waals surface area contributed by atoms with Crippen molar-refractivity contribution in [1.82, 2.24) is 0 Å². The molecule has 1 aromatic heterocycles. The van der Waals surface area contributed by atoms with E-state index in [2.05, 4.69) is 289 Å². The predicted octanol–water partition coefficient (Wildman–Crippen LogP) is 19.7. The maximum absolute atomic E-state index is 6.62. The Bertz CT molecular complexity index is 4260. The Morgan fingerprint density at radius 2 is 0.738 bits per heavy atom. The van der Waals surface area contributed by atoms with Crippen LogP contribution in [0.4, 0.5) is 17.1 Å². The van der Waals surface area contributed by atoms with Crippen molar-refractivity contribution in [1.29, 1.82) is 0 Å². The van der Waals surface area contributed by atoms with Crippen LogP contribution in [0.2, 0.25) is 0 Å². The second-order valence-corrected chi connectivity index (χ2v) is 23.0. The van der Waals surface area contributed by atoms with Gasteiger partial charge >= 0.3 is 7.12 Å². The van der Waals surface area contributed by atoms with E-state index in [9.17, 15) is 0 Å². The van der Waals surface area contributed by atoms with Crippen LogP contribution < -0.4 is 10.4 Å². The van der Waals surface area contributed by atoms with E-state index in [-0.39, 0.29) is 5.41 Å². The van der Waals surface area contributed by atoms with E-state index >= 15 is 0 Å². The first-order chi connectivity index (χ1) is 38.9. The van der Waals surface area contributed by atoms with Crippen LogP contribution in [0.15, 0.2) is 259 Å². The van der Waals surface area contributed by atoms with Crippen LogP contribution in [0.1, 0.15) is 52.7 Å². The van der Waals surface area contributed by atoms with Crippen molar-refractivity contribution in [2.45, 2.75) is 58.2 Å². The van der Waals surface area contributed by atoms with E-state index in [1.165, 1.54) is 66.8 Å². The lowest BCUT2D eigenvalue weighted by atomic mass is 9.72. The molecule has 2 aliphatic rings. The zero-order valence-electron chi connectivity index (χ0n) is 46.0. The Kier molecular flexibility index (Phi) is 11.8. The molecule has 12 aromatic rings. The summed E-state index contributed by atoms with van der Waals surface area (Å²) in [4.78, 5) is 2.37. The molecule has 11 aromatic carbocycles.